The zero-order valence-corrected chi connectivity index (χ0v) is 15.8. The Morgan fingerprint density at radius 2 is 1.78 bits per heavy atom. The van der Waals surface area contributed by atoms with Crippen LogP contribution in [0.2, 0.25) is 0 Å². The summed E-state index contributed by atoms with van der Waals surface area (Å²) in [6.45, 7) is 7.34. The number of hydrogen-bond acceptors (Lipinski definition) is 4. The molecule has 0 saturated carbocycles. The Bertz CT molecular complexity index is 802. The summed E-state index contributed by atoms with van der Waals surface area (Å²) >= 11 is 0. The van der Waals surface area contributed by atoms with Crippen molar-refractivity contribution in [2.24, 2.45) is 0 Å². The van der Waals surface area contributed by atoms with Crippen LogP contribution in [-0.4, -0.2) is 43.5 Å². The summed E-state index contributed by atoms with van der Waals surface area (Å²) in [5, 5.41) is 11.9. The minimum absolute atomic E-state index is 0.0130. The van der Waals surface area contributed by atoms with Crippen molar-refractivity contribution in [1.82, 2.24) is 4.90 Å². The first-order valence-electron chi connectivity index (χ1n) is 9.55. The summed E-state index contributed by atoms with van der Waals surface area (Å²) in [7, 11) is 0. The van der Waals surface area contributed by atoms with E-state index in [2.05, 4.69) is 34.2 Å². The molecule has 2 aromatic carbocycles. The molecule has 1 saturated heterocycles. The number of likely N-dealkylation sites (N-methyl/N-ethyl adjacent to an activating group) is 1. The van der Waals surface area contributed by atoms with Gasteiger partial charge in [-0.15, -0.1) is 0 Å². The van der Waals surface area contributed by atoms with Crippen LogP contribution in [0.15, 0.2) is 48.5 Å². The highest BCUT2D eigenvalue weighted by atomic mass is 16.1. The molecule has 27 heavy (non-hydrogen) atoms. The van der Waals surface area contributed by atoms with Gasteiger partial charge in [0.05, 0.1) is 23.0 Å². The van der Waals surface area contributed by atoms with Gasteiger partial charge in [0.25, 0.3) is 0 Å². The second-order valence-electron chi connectivity index (χ2n) is 6.80. The number of nitrogens with zero attached hydrogens (tertiary/aromatic N) is 3. The maximum absolute atomic E-state index is 12.5. The van der Waals surface area contributed by atoms with E-state index < -0.39 is 0 Å². The summed E-state index contributed by atoms with van der Waals surface area (Å²) in [6.07, 6.45) is 1.08. The molecule has 1 aliphatic rings. The molecule has 5 heteroatoms. The number of hydrogen-bond donors (Lipinski definition) is 1. The topological polar surface area (TPSA) is 59.4 Å². The van der Waals surface area contributed by atoms with Gasteiger partial charge in [-0.3, -0.25) is 4.79 Å². The number of aryl methyl sites for hydroxylation is 1. The van der Waals surface area contributed by atoms with Crippen molar-refractivity contribution in [3.8, 4) is 6.07 Å². The van der Waals surface area contributed by atoms with E-state index in [1.54, 1.807) is 12.1 Å². The van der Waals surface area contributed by atoms with E-state index >= 15 is 0 Å². The molecule has 1 N–H and O–H groups in total. The lowest BCUT2D eigenvalue weighted by Crippen LogP contribution is -2.46. The minimum atomic E-state index is 0.0130. The van der Waals surface area contributed by atoms with Gasteiger partial charge >= 0.3 is 0 Å². The maximum atomic E-state index is 12.5. The van der Waals surface area contributed by atoms with Crippen molar-refractivity contribution >= 4 is 17.3 Å². The molecular formula is C22H26N4O. The molecule has 140 valence electrons. The van der Waals surface area contributed by atoms with Crippen LogP contribution in [0.25, 0.3) is 0 Å². The van der Waals surface area contributed by atoms with E-state index in [1.807, 2.05) is 30.3 Å². The molecule has 1 fully saturated rings. The number of rotatable bonds is 6. The fourth-order valence-electron chi connectivity index (χ4n) is 3.38. The molecule has 1 amide bonds. The predicted molar refractivity (Wildman–Crippen MR) is 109 cm³/mol. The zero-order valence-electron chi connectivity index (χ0n) is 15.8. The van der Waals surface area contributed by atoms with E-state index in [0.29, 0.717) is 18.4 Å². The average Bonchev–Trinajstić information content (AvgIpc) is 2.73. The van der Waals surface area contributed by atoms with Crippen LogP contribution >= 0.6 is 0 Å². The number of para-hydroxylation sites is 2. The second-order valence-corrected chi connectivity index (χ2v) is 6.80. The predicted octanol–water partition coefficient (Wildman–Crippen LogP) is 3.27. The first kappa shape index (κ1) is 18.9. The van der Waals surface area contributed by atoms with E-state index in [4.69, 9.17) is 5.26 Å². The maximum Gasteiger partial charge on any atom is 0.224 e. The van der Waals surface area contributed by atoms with Crippen molar-refractivity contribution in [1.29, 1.82) is 5.26 Å². The largest absolute Gasteiger partial charge is 0.367 e. The molecule has 0 aliphatic carbocycles. The molecule has 1 aliphatic heterocycles. The summed E-state index contributed by atoms with van der Waals surface area (Å²) < 4.78 is 0. The molecule has 3 rings (SSSR count). The van der Waals surface area contributed by atoms with Gasteiger partial charge in [-0.05, 0) is 42.8 Å². The van der Waals surface area contributed by atoms with Crippen LogP contribution in [0.1, 0.15) is 24.5 Å². The van der Waals surface area contributed by atoms with Crippen molar-refractivity contribution < 1.29 is 4.79 Å². The van der Waals surface area contributed by atoms with E-state index in [-0.39, 0.29) is 5.91 Å². The number of benzene rings is 2. The van der Waals surface area contributed by atoms with E-state index in [1.165, 1.54) is 0 Å². The number of piperazine rings is 1. The van der Waals surface area contributed by atoms with Gasteiger partial charge in [0.1, 0.15) is 0 Å². The molecule has 5 nitrogen and oxygen atoms in total. The lowest BCUT2D eigenvalue weighted by Gasteiger charge is -2.36. The number of nitrogens with one attached hydrogen (secondary N) is 1. The highest BCUT2D eigenvalue weighted by molar-refractivity contribution is 5.94. The molecule has 2 aromatic rings. The van der Waals surface area contributed by atoms with Gasteiger partial charge in [0.2, 0.25) is 5.91 Å². The van der Waals surface area contributed by atoms with Gasteiger partial charge in [0, 0.05) is 32.6 Å². The van der Waals surface area contributed by atoms with E-state index in [9.17, 15) is 4.79 Å². The fraction of sp³-hybridized carbons (Fsp3) is 0.364. The van der Waals surface area contributed by atoms with Crippen LogP contribution in [0.3, 0.4) is 0 Å². The van der Waals surface area contributed by atoms with Crippen LogP contribution in [0.5, 0.6) is 0 Å². The van der Waals surface area contributed by atoms with E-state index in [0.717, 1.165) is 49.7 Å². The van der Waals surface area contributed by atoms with Gasteiger partial charge in [-0.1, -0.05) is 31.2 Å². The lowest BCUT2D eigenvalue weighted by atomic mass is 10.1. The van der Waals surface area contributed by atoms with Crippen LogP contribution in [0, 0.1) is 11.3 Å². The normalized spacial score (nSPS) is 14.6. The van der Waals surface area contributed by atoms with Gasteiger partial charge in [-0.25, -0.2) is 0 Å². The summed E-state index contributed by atoms with van der Waals surface area (Å²) in [6, 6.07) is 17.5. The van der Waals surface area contributed by atoms with Crippen molar-refractivity contribution in [3.63, 3.8) is 0 Å². The van der Waals surface area contributed by atoms with Gasteiger partial charge in [-0.2, -0.15) is 5.26 Å². The minimum Gasteiger partial charge on any atom is -0.367 e. The third-order valence-corrected chi connectivity index (χ3v) is 5.06. The fourth-order valence-corrected chi connectivity index (χ4v) is 3.38. The number of amides is 1. The highest BCUT2D eigenvalue weighted by Gasteiger charge is 2.18. The molecule has 0 atom stereocenters. The molecule has 0 bridgehead atoms. The standard InChI is InChI=1S/C22H26N4O/c1-2-25-13-15-26(16-14-25)21-6-4-3-5-20(21)24-22(27)12-11-18-7-9-19(17-23)10-8-18/h3-10H,2,11-16H2,1H3,(H,24,27). The first-order valence-corrected chi connectivity index (χ1v) is 9.55. The third-order valence-electron chi connectivity index (χ3n) is 5.06. The van der Waals surface area contributed by atoms with Crippen LogP contribution in [-0.2, 0) is 11.2 Å². The van der Waals surface area contributed by atoms with Crippen molar-refractivity contribution in [3.05, 3.63) is 59.7 Å². The Hall–Kier alpha value is -2.84. The quantitative estimate of drug-likeness (QED) is 0.857. The summed E-state index contributed by atoms with van der Waals surface area (Å²) in [5.74, 6) is 0.0130. The molecule has 0 spiro atoms. The molecule has 0 radical (unpaired) electrons. The Kier molecular flexibility index (Phi) is 6.45. The third kappa shape index (κ3) is 5.08. The molecule has 0 aromatic heterocycles. The molecular weight excluding hydrogens is 336 g/mol. The Balaban J connectivity index is 1.58. The Morgan fingerprint density at radius 1 is 1.07 bits per heavy atom. The molecule has 1 heterocycles. The van der Waals surface area contributed by atoms with Gasteiger partial charge in [0.15, 0.2) is 0 Å². The second kappa shape index (κ2) is 9.20. The van der Waals surface area contributed by atoms with Crippen LogP contribution < -0.4 is 10.2 Å². The zero-order chi connectivity index (χ0) is 19.1. The highest BCUT2D eigenvalue weighted by Crippen LogP contribution is 2.26. The number of nitriles is 1. The van der Waals surface area contributed by atoms with Crippen LogP contribution in [0.4, 0.5) is 11.4 Å². The summed E-state index contributed by atoms with van der Waals surface area (Å²) in [5.41, 5.74) is 3.68. The molecule has 0 unspecified atom stereocenters. The average molecular weight is 362 g/mol. The smallest absolute Gasteiger partial charge is 0.224 e. The number of carbonyl (C=O) groups excluding carboxylic acids is 1. The first-order chi connectivity index (χ1) is 13.2. The monoisotopic (exact) mass is 362 g/mol. The Labute approximate surface area is 161 Å². The van der Waals surface area contributed by atoms with Crippen molar-refractivity contribution in [2.45, 2.75) is 19.8 Å². The Morgan fingerprint density at radius 3 is 2.44 bits per heavy atom. The number of anilines is 2. The lowest BCUT2D eigenvalue weighted by molar-refractivity contribution is -0.116. The number of carbonyl (C=O) groups is 1. The summed E-state index contributed by atoms with van der Waals surface area (Å²) in [4.78, 5) is 17.2. The SMILES string of the molecule is CCN1CCN(c2ccccc2NC(=O)CCc2ccc(C#N)cc2)CC1. The van der Waals surface area contributed by atoms with Crippen molar-refractivity contribution in [2.75, 3.05) is 42.9 Å². The van der Waals surface area contributed by atoms with Gasteiger partial charge < -0.3 is 15.1 Å².